The van der Waals surface area contributed by atoms with Crippen LogP contribution in [0.3, 0.4) is 0 Å². The molecule has 0 bridgehead atoms. The minimum absolute atomic E-state index is 0.758. The number of nitrogens with zero attached hydrogens (tertiary/aromatic N) is 2. The number of nitrogen functional groups attached to an aromatic ring is 1. The molecule has 0 unspecified atom stereocenters. The molecule has 0 fully saturated rings. The first kappa shape index (κ1) is 12.8. The quantitative estimate of drug-likeness (QED) is 0.694. The summed E-state index contributed by atoms with van der Waals surface area (Å²) in [6, 6.07) is 0. The number of methoxy groups -OCH3 is 1. The maximum atomic E-state index is 5.95. The minimum Gasteiger partial charge on any atom is -0.394 e. The summed E-state index contributed by atoms with van der Waals surface area (Å²) in [7, 11) is 1.72. The molecule has 0 radical (unpaired) electrons. The summed E-state index contributed by atoms with van der Waals surface area (Å²) in [5, 5.41) is 7.68. The summed E-state index contributed by atoms with van der Waals surface area (Å²) >= 11 is 0. The van der Waals surface area contributed by atoms with Gasteiger partial charge in [0.2, 0.25) is 0 Å². The lowest BCUT2D eigenvalue weighted by atomic mass is 10.3. The summed E-state index contributed by atoms with van der Waals surface area (Å²) in [5.41, 5.74) is 7.60. The fourth-order valence-electron chi connectivity index (χ4n) is 1.59. The number of rotatable bonds is 7. The zero-order chi connectivity index (χ0) is 12.0. The SMILES string of the molecule is CCn1nc(C)c(N)c1NCCCCOC. The van der Waals surface area contributed by atoms with Crippen LogP contribution in [0.2, 0.25) is 0 Å². The van der Waals surface area contributed by atoms with Crippen molar-refractivity contribution in [2.75, 3.05) is 31.3 Å². The third-order valence-electron chi connectivity index (χ3n) is 2.54. The Morgan fingerprint density at radius 1 is 1.44 bits per heavy atom. The lowest BCUT2D eigenvalue weighted by molar-refractivity contribution is 0.193. The number of nitrogens with one attached hydrogen (secondary N) is 1. The number of ether oxygens (including phenoxy) is 1. The number of unbranched alkanes of at least 4 members (excludes halogenated alkanes) is 1. The van der Waals surface area contributed by atoms with Crippen molar-refractivity contribution in [3.05, 3.63) is 5.69 Å². The molecule has 0 aliphatic heterocycles. The van der Waals surface area contributed by atoms with E-state index in [4.69, 9.17) is 10.5 Å². The highest BCUT2D eigenvalue weighted by atomic mass is 16.5. The molecule has 3 N–H and O–H groups in total. The van der Waals surface area contributed by atoms with Crippen LogP contribution in [0.15, 0.2) is 0 Å². The zero-order valence-corrected chi connectivity index (χ0v) is 10.4. The van der Waals surface area contributed by atoms with E-state index in [1.54, 1.807) is 7.11 Å². The Bertz CT molecular complexity index is 322. The summed E-state index contributed by atoms with van der Waals surface area (Å²) in [5.74, 6) is 0.942. The van der Waals surface area contributed by atoms with E-state index < -0.39 is 0 Å². The van der Waals surface area contributed by atoms with Crippen LogP contribution in [0.4, 0.5) is 11.5 Å². The molecule has 0 atom stereocenters. The van der Waals surface area contributed by atoms with Crippen LogP contribution in [0.5, 0.6) is 0 Å². The smallest absolute Gasteiger partial charge is 0.148 e. The standard InChI is InChI=1S/C11H22N4O/c1-4-15-11(10(12)9(2)14-15)13-7-5-6-8-16-3/h13H,4-8,12H2,1-3H3. The molecule has 0 amide bonds. The van der Waals surface area contributed by atoms with Crippen LogP contribution < -0.4 is 11.1 Å². The van der Waals surface area contributed by atoms with E-state index in [1.165, 1.54) is 0 Å². The molecular weight excluding hydrogens is 204 g/mol. The molecular formula is C11H22N4O. The molecule has 1 rings (SSSR count). The highest BCUT2D eigenvalue weighted by Gasteiger charge is 2.09. The van der Waals surface area contributed by atoms with Crippen LogP contribution in [-0.2, 0) is 11.3 Å². The Morgan fingerprint density at radius 3 is 2.81 bits per heavy atom. The highest BCUT2D eigenvalue weighted by Crippen LogP contribution is 2.21. The Kier molecular flexibility index (Phi) is 5.11. The Labute approximate surface area is 97.0 Å². The van der Waals surface area contributed by atoms with Gasteiger partial charge < -0.3 is 15.8 Å². The summed E-state index contributed by atoms with van der Waals surface area (Å²) < 4.78 is 6.90. The number of hydrogen-bond acceptors (Lipinski definition) is 4. The van der Waals surface area contributed by atoms with Crippen LogP contribution in [-0.4, -0.2) is 30.0 Å². The predicted molar refractivity (Wildman–Crippen MR) is 66.7 cm³/mol. The molecule has 1 heterocycles. The van der Waals surface area contributed by atoms with Crippen molar-refractivity contribution in [3.8, 4) is 0 Å². The normalized spacial score (nSPS) is 10.7. The van der Waals surface area contributed by atoms with Gasteiger partial charge in [0, 0.05) is 26.8 Å². The van der Waals surface area contributed by atoms with Crippen molar-refractivity contribution in [2.45, 2.75) is 33.2 Å². The Morgan fingerprint density at radius 2 is 2.19 bits per heavy atom. The number of anilines is 2. The molecule has 16 heavy (non-hydrogen) atoms. The van der Waals surface area contributed by atoms with Gasteiger partial charge >= 0.3 is 0 Å². The van der Waals surface area contributed by atoms with Crippen molar-refractivity contribution in [3.63, 3.8) is 0 Å². The van der Waals surface area contributed by atoms with E-state index in [2.05, 4.69) is 17.3 Å². The van der Waals surface area contributed by atoms with Gasteiger partial charge in [0.15, 0.2) is 0 Å². The van der Waals surface area contributed by atoms with E-state index in [9.17, 15) is 0 Å². The minimum atomic E-state index is 0.758. The molecule has 5 heteroatoms. The summed E-state index contributed by atoms with van der Waals surface area (Å²) in [6.45, 7) is 6.53. The van der Waals surface area contributed by atoms with E-state index >= 15 is 0 Å². The van der Waals surface area contributed by atoms with Crippen molar-refractivity contribution >= 4 is 11.5 Å². The first-order chi connectivity index (χ1) is 7.70. The second-order valence-electron chi connectivity index (χ2n) is 3.79. The van der Waals surface area contributed by atoms with Crippen molar-refractivity contribution in [2.24, 2.45) is 0 Å². The molecule has 0 aromatic carbocycles. The Balaban J connectivity index is 2.46. The second-order valence-corrected chi connectivity index (χ2v) is 3.79. The van der Waals surface area contributed by atoms with Crippen molar-refractivity contribution < 1.29 is 4.74 Å². The van der Waals surface area contributed by atoms with Gasteiger partial charge in [-0.3, -0.25) is 0 Å². The fourth-order valence-corrected chi connectivity index (χ4v) is 1.59. The van der Waals surface area contributed by atoms with Gasteiger partial charge in [0.25, 0.3) is 0 Å². The fraction of sp³-hybridized carbons (Fsp3) is 0.727. The molecule has 92 valence electrons. The van der Waals surface area contributed by atoms with Crippen molar-refractivity contribution in [1.29, 1.82) is 0 Å². The maximum Gasteiger partial charge on any atom is 0.148 e. The lowest BCUT2D eigenvalue weighted by Gasteiger charge is -2.08. The van der Waals surface area contributed by atoms with E-state index in [1.807, 2.05) is 11.6 Å². The summed E-state index contributed by atoms with van der Waals surface area (Å²) in [6.07, 6.45) is 2.13. The third-order valence-corrected chi connectivity index (χ3v) is 2.54. The molecule has 1 aromatic rings. The predicted octanol–water partition coefficient (Wildman–Crippen LogP) is 1.63. The topological polar surface area (TPSA) is 65.1 Å². The zero-order valence-electron chi connectivity index (χ0n) is 10.4. The van der Waals surface area contributed by atoms with E-state index in [0.29, 0.717) is 0 Å². The van der Waals surface area contributed by atoms with Crippen LogP contribution in [0, 0.1) is 6.92 Å². The largest absolute Gasteiger partial charge is 0.394 e. The van der Waals surface area contributed by atoms with E-state index in [0.717, 1.165) is 49.7 Å². The maximum absolute atomic E-state index is 5.95. The monoisotopic (exact) mass is 226 g/mol. The first-order valence-electron chi connectivity index (χ1n) is 5.76. The molecule has 0 aliphatic rings. The summed E-state index contributed by atoms with van der Waals surface area (Å²) in [4.78, 5) is 0. The van der Waals surface area contributed by atoms with E-state index in [-0.39, 0.29) is 0 Å². The number of aryl methyl sites for hydroxylation is 2. The van der Waals surface area contributed by atoms with Crippen LogP contribution >= 0.6 is 0 Å². The third kappa shape index (κ3) is 3.13. The molecule has 5 nitrogen and oxygen atoms in total. The molecule has 0 saturated carbocycles. The second kappa shape index (κ2) is 6.37. The average molecular weight is 226 g/mol. The van der Waals surface area contributed by atoms with Gasteiger partial charge in [0.05, 0.1) is 11.4 Å². The highest BCUT2D eigenvalue weighted by molar-refractivity contribution is 5.64. The molecule has 0 saturated heterocycles. The number of hydrogen-bond donors (Lipinski definition) is 2. The first-order valence-corrected chi connectivity index (χ1v) is 5.76. The van der Waals surface area contributed by atoms with Gasteiger partial charge in [-0.15, -0.1) is 0 Å². The van der Waals surface area contributed by atoms with Crippen LogP contribution in [0.1, 0.15) is 25.5 Å². The number of nitrogens with two attached hydrogens (primary N) is 1. The van der Waals surface area contributed by atoms with Gasteiger partial charge in [-0.1, -0.05) is 0 Å². The molecule has 0 spiro atoms. The van der Waals surface area contributed by atoms with Crippen LogP contribution in [0.25, 0.3) is 0 Å². The van der Waals surface area contributed by atoms with Gasteiger partial charge in [-0.25, -0.2) is 4.68 Å². The van der Waals surface area contributed by atoms with Gasteiger partial charge in [-0.05, 0) is 26.7 Å². The van der Waals surface area contributed by atoms with Gasteiger partial charge in [-0.2, -0.15) is 5.10 Å². The lowest BCUT2D eigenvalue weighted by Crippen LogP contribution is -2.10. The molecule has 0 aliphatic carbocycles. The number of aromatic nitrogens is 2. The molecule has 1 aromatic heterocycles. The van der Waals surface area contributed by atoms with Gasteiger partial charge in [0.1, 0.15) is 5.82 Å². The Hall–Kier alpha value is -1.23. The van der Waals surface area contributed by atoms with Crippen molar-refractivity contribution in [1.82, 2.24) is 9.78 Å². The average Bonchev–Trinajstić information content (AvgIpc) is 2.56.